The average Bonchev–Trinajstić information content (AvgIpc) is 3.16. The molecule has 7 heteroatoms. The number of nitrogens with one attached hydrogen (secondary N) is 2. The van der Waals surface area contributed by atoms with Crippen molar-refractivity contribution in [2.75, 3.05) is 5.32 Å². The number of nitrogens with zero attached hydrogens (tertiary/aromatic N) is 1. The monoisotopic (exact) mass is 323 g/mol. The normalized spacial score (nSPS) is 15.1. The van der Waals surface area contributed by atoms with Crippen molar-refractivity contribution in [2.24, 2.45) is 0 Å². The third kappa shape index (κ3) is 3.81. The number of aryl methyl sites for hydroxylation is 1. The van der Waals surface area contributed by atoms with Crippen molar-refractivity contribution in [3.63, 3.8) is 0 Å². The minimum absolute atomic E-state index is 0.126. The molecule has 1 fully saturated rings. The fraction of sp³-hybridized carbons (Fsp3) is 0.357. The van der Waals surface area contributed by atoms with Gasteiger partial charge in [0.05, 0.1) is 11.4 Å². The number of thiazole rings is 1. The second-order valence-corrected chi connectivity index (χ2v) is 7.81. The van der Waals surface area contributed by atoms with Crippen molar-refractivity contribution in [1.29, 1.82) is 0 Å². The number of hydrogen-bond donors (Lipinski definition) is 2. The van der Waals surface area contributed by atoms with Gasteiger partial charge in [-0.05, 0) is 44.0 Å². The van der Waals surface area contributed by atoms with E-state index < -0.39 is 10.0 Å². The highest BCUT2D eigenvalue weighted by Crippen LogP contribution is 2.23. The summed E-state index contributed by atoms with van der Waals surface area (Å²) in [5, 5.41) is 6.26. The van der Waals surface area contributed by atoms with E-state index in [1.54, 1.807) is 35.6 Å². The smallest absolute Gasteiger partial charge is 0.240 e. The highest BCUT2D eigenvalue weighted by molar-refractivity contribution is 7.89. The quantitative estimate of drug-likeness (QED) is 0.857. The van der Waals surface area contributed by atoms with Gasteiger partial charge >= 0.3 is 0 Å². The van der Waals surface area contributed by atoms with Crippen LogP contribution in [0.2, 0.25) is 0 Å². The Morgan fingerprint density at radius 1 is 1.29 bits per heavy atom. The molecule has 0 aliphatic heterocycles. The van der Waals surface area contributed by atoms with Gasteiger partial charge in [0, 0.05) is 22.8 Å². The molecule has 1 heterocycles. The zero-order chi connectivity index (χ0) is 14.9. The summed E-state index contributed by atoms with van der Waals surface area (Å²) in [6.45, 7) is 2.61. The number of benzene rings is 1. The van der Waals surface area contributed by atoms with Gasteiger partial charge in [-0.2, -0.15) is 0 Å². The van der Waals surface area contributed by atoms with Crippen LogP contribution in [0.25, 0.3) is 0 Å². The molecule has 0 amide bonds. The number of anilines is 1. The number of rotatable bonds is 6. The maximum absolute atomic E-state index is 12.0. The molecule has 1 aliphatic rings. The highest BCUT2D eigenvalue weighted by Gasteiger charge is 2.27. The van der Waals surface area contributed by atoms with E-state index >= 15 is 0 Å². The van der Waals surface area contributed by atoms with Crippen molar-refractivity contribution in [1.82, 2.24) is 9.71 Å². The maximum atomic E-state index is 12.0. The van der Waals surface area contributed by atoms with Gasteiger partial charge in [0.2, 0.25) is 10.0 Å². The van der Waals surface area contributed by atoms with E-state index in [1.807, 2.05) is 12.3 Å². The van der Waals surface area contributed by atoms with E-state index in [4.69, 9.17) is 0 Å². The van der Waals surface area contributed by atoms with E-state index in [1.165, 1.54) is 0 Å². The predicted molar refractivity (Wildman–Crippen MR) is 84.0 cm³/mol. The Kier molecular flexibility index (Phi) is 3.97. The van der Waals surface area contributed by atoms with Crippen LogP contribution >= 0.6 is 11.3 Å². The third-order valence-corrected chi connectivity index (χ3v) is 5.68. The molecular formula is C14H17N3O2S2. The van der Waals surface area contributed by atoms with Gasteiger partial charge in [-0.25, -0.2) is 18.1 Å². The van der Waals surface area contributed by atoms with E-state index in [9.17, 15) is 8.42 Å². The minimum Gasteiger partial charge on any atom is -0.379 e. The fourth-order valence-corrected chi connectivity index (χ4v) is 3.92. The summed E-state index contributed by atoms with van der Waals surface area (Å²) in [5.41, 5.74) is 1.90. The number of aromatic nitrogens is 1. The van der Waals surface area contributed by atoms with Crippen LogP contribution in [0.15, 0.2) is 34.5 Å². The first-order valence-electron chi connectivity index (χ1n) is 6.80. The summed E-state index contributed by atoms with van der Waals surface area (Å²) in [6, 6.07) is 6.94. The Labute approximate surface area is 128 Å². The predicted octanol–water partition coefficient (Wildman–Crippen LogP) is 2.50. The van der Waals surface area contributed by atoms with Gasteiger partial charge in [-0.15, -0.1) is 11.3 Å². The first-order valence-corrected chi connectivity index (χ1v) is 9.16. The number of sulfonamides is 1. The molecule has 112 valence electrons. The average molecular weight is 323 g/mol. The molecule has 1 aromatic heterocycles. The highest BCUT2D eigenvalue weighted by atomic mass is 32.2. The van der Waals surface area contributed by atoms with Gasteiger partial charge in [0.15, 0.2) is 0 Å². The topological polar surface area (TPSA) is 71.1 Å². The van der Waals surface area contributed by atoms with Crippen LogP contribution in [0, 0.1) is 6.92 Å². The molecule has 3 rings (SSSR count). The lowest BCUT2D eigenvalue weighted by Crippen LogP contribution is -2.25. The van der Waals surface area contributed by atoms with Crippen molar-refractivity contribution in [3.8, 4) is 0 Å². The number of hydrogen-bond acceptors (Lipinski definition) is 5. The molecule has 1 aromatic carbocycles. The van der Waals surface area contributed by atoms with Crippen molar-refractivity contribution >= 4 is 27.0 Å². The van der Waals surface area contributed by atoms with Gasteiger partial charge in [-0.3, -0.25) is 0 Å². The van der Waals surface area contributed by atoms with Crippen LogP contribution in [0.5, 0.6) is 0 Å². The van der Waals surface area contributed by atoms with Crippen LogP contribution in [-0.2, 0) is 16.6 Å². The molecule has 2 aromatic rings. The summed E-state index contributed by atoms with van der Waals surface area (Å²) in [4.78, 5) is 4.68. The van der Waals surface area contributed by atoms with E-state index in [2.05, 4.69) is 15.0 Å². The van der Waals surface area contributed by atoms with Gasteiger partial charge in [-0.1, -0.05) is 0 Å². The lowest BCUT2D eigenvalue weighted by Gasteiger charge is -2.08. The largest absolute Gasteiger partial charge is 0.379 e. The molecule has 21 heavy (non-hydrogen) atoms. The Morgan fingerprint density at radius 2 is 2.00 bits per heavy atom. The van der Waals surface area contributed by atoms with Crippen molar-refractivity contribution < 1.29 is 8.42 Å². The Bertz CT molecular complexity index is 719. The zero-order valence-corrected chi connectivity index (χ0v) is 13.3. The molecule has 1 aliphatic carbocycles. The molecule has 0 spiro atoms. The molecule has 0 radical (unpaired) electrons. The van der Waals surface area contributed by atoms with Crippen LogP contribution in [0.4, 0.5) is 5.69 Å². The van der Waals surface area contributed by atoms with Gasteiger partial charge in [0.1, 0.15) is 5.01 Å². The van der Waals surface area contributed by atoms with E-state index in [0.29, 0.717) is 11.4 Å². The second-order valence-electron chi connectivity index (χ2n) is 5.16. The summed E-state index contributed by atoms with van der Waals surface area (Å²) >= 11 is 1.61. The summed E-state index contributed by atoms with van der Waals surface area (Å²) in [6.07, 6.45) is 1.87. The summed E-state index contributed by atoms with van der Waals surface area (Å²) in [5.74, 6) is 0. The second kappa shape index (κ2) is 5.75. The Balaban J connectivity index is 1.63. The third-order valence-electron chi connectivity index (χ3n) is 3.17. The first-order chi connectivity index (χ1) is 10.0. The fourth-order valence-electron chi connectivity index (χ4n) is 1.90. The summed E-state index contributed by atoms with van der Waals surface area (Å²) < 4.78 is 26.7. The molecule has 1 saturated carbocycles. The van der Waals surface area contributed by atoms with Crippen LogP contribution in [0.1, 0.15) is 23.5 Å². The zero-order valence-electron chi connectivity index (χ0n) is 11.7. The molecule has 0 bridgehead atoms. The van der Waals surface area contributed by atoms with Crippen molar-refractivity contribution in [3.05, 3.63) is 40.3 Å². The molecule has 0 unspecified atom stereocenters. The summed E-state index contributed by atoms with van der Waals surface area (Å²) in [7, 11) is -3.37. The van der Waals surface area contributed by atoms with E-state index in [0.717, 1.165) is 29.2 Å². The standard InChI is InChI=1S/C14H17N3O2S2/c1-10-9-20-14(16-10)8-15-11-4-6-13(7-5-11)21(18,19)17-12-2-3-12/h4-7,9,12,15,17H,2-3,8H2,1H3. The maximum Gasteiger partial charge on any atom is 0.240 e. The SMILES string of the molecule is Cc1csc(CNc2ccc(S(=O)(=O)NC3CC3)cc2)n1. The van der Waals surface area contributed by atoms with Crippen molar-refractivity contribution in [2.45, 2.75) is 37.2 Å². The first kappa shape index (κ1) is 14.5. The molecule has 2 N–H and O–H groups in total. The lowest BCUT2D eigenvalue weighted by atomic mass is 10.3. The minimum atomic E-state index is -3.37. The molecule has 0 saturated heterocycles. The Morgan fingerprint density at radius 3 is 2.57 bits per heavy atom. The molecule has 5 nitrogen and oxygen atoms in total. The van der Waals surface area contributed by atoms with Gasteiger partial charge in [0.25, 0.3) is 0 Å². The molecular weight excluding hydrogens is 306 g/mol. The van der Waals surface area contributed by atoms with Crippen LogP contribution in [0.3, 0.4) is 0 Å². The molecule has 0 atom stereocenters. The van der Waals surface area contributed by atoms with Gasteiger partial charge < -0.3 is 5.32 Å². The Hall–Kier alpha value is -1.44. The van der Waals surface area contributed by atoms with Crippen LogP contribution in [-0.4, -0.2) is 19.4 Å². The van der Waals surface area contributed by atoms with Crippen LogP contribution < -0.4 is 10.0 Å². The lowest BCUT2D eigenvalue weighted by molar-refractivity contribution is 0.581. The van der Waals surface area contributed by atoms with E-state index in [-0.39, 0.29) is 6.04 Å².